The fourth-order valence-electron chi connectivity index (χ4n) is 2.77. The van der Waals surface area contributed by atoms with Crippen molar-refractivity contribution < 1.29 is 9.59 Å². The highest BCUT2D eigenvalue weighted by Crippen LogP contribution is 2.17. The predicted octanol–water partition coefficient (Wildman–Crippen LogP) is 1.84. The molecule has 23 heavy (non-hydrogen) atoms. The van der Waals surface area contributed by atoms with E-state index in [1.54, 1.807) is 22.9 Å². The Labute approximate surface area is 135 Å². The SMILES string of the molecule is C[C@@H]1C(=O)N(Cc2ccccc2)CC(=O)N1Cc1ccccn1. The van der Waals surface area contributed by atoms with Gasteiger partial charge in [0.25, 0.3) is 0 Å². The molecule has 0 bridgehead atoms. The van der Waals surface area contributed by atoms with E-state index in [2.05, 4.69) is 4.98 Å². The van der Waals surface area contributed by atoms with E-state index in [0.717, 1.165) is 11.3 Å². The first-order valence-electron chi connectivity index (χ1n) is 7.67. The van der Waals surface area contributed by atoms with Crippen LogP contribution in [0.1, 0.15) is 18.2 Å². The number of carbonyl (C=O) groups is 2. The molecule has 5 nitrogen and oxygen atoms in total. The van der Waals surface area contributed by atoms with Crippen molar-refractivity contribution in [1.82, 2.24) is 14.8 Å². The van der Waals surface area contributed by atoms with Crippen molar-refractivity contribution >= 4 is 11.8 Å². The summed E-state index contributed by atoms with van der Waals surface area (Å²) in [5.74, 6) is -0.0666. The van der Waals surface area contributed by atoms with Gasteiger partial charge in [0.1, 0.15) is 12.6 Å². The van der Waals surface area contributed by atoms with Gasteiger partial charge in [-0.15, -0.1) is 0 Å². The lowest BCUT2D eigenvalue weighted by Crippen LogP contribution is -2.58. The number of carbonyl (C=O) groups excluding carboxylic acids is 2. The van der Waals surface area contributed by atoms with Gasteiger partial charge in [-0.05, 0) is 24.6 Å². The summed E-state index contributed by atoms with van der Waals surface area (Å²) in [7, 11) is 0. The highest BCUT2D eigenvalue weighted by molar-refractivity contribution is 5.94. The van der Waals surface area contributed by atoms with Gasteiger partial charge >= 0.3 is 0 Å². The van der Waals surface area contributed by atoms with Crippen LogP contribution in [-0.4, -0.2) is 39.2 Å². The van der Waals surface area contributed by atoms with Crippen molar-refractivity contribution in [2.75, 3.05) is 6.54 Å². The van der Waals surface area contributed by atoms with Gasteiger partial charge in [-0.25, -0.2) is 0 Å². The molecule has 0 spiro atoms. The molecule has 0 radical (unpaired) electrons. The Morgan fingerprint density at radius 1 is 1.04 bits per heavy atom. The van der Waals surface area contributed by atoms with Crippen LogP contribution in [0.15, 0.2) is 54.7 Å². The fourth-order valence-corrected chi connectivity index (χ4v) is 2.77. The van der Waals surface area contributed by atoms with Gasteiger partial charge in [-0.1, -0.05) is 36.4 Å². The molecule has 0 aliphatic carbocycles. The first kappa shape index (κ1) is 15.2. The number of hydrogen-bond acceptors (Lipinski definition) is 3. The monoisotopic (exact) mass is 309 g/mol. The lowest BCUT2D eigenvalue weighted by atomic mass is 10.1. The number of hydrogen-bond donors (Lipinski definition) is 0. The van der Waals surface area contributed by atoms with Crippen molar-refractivity contribution in [1.29, 1.82) is 0 Å². The van der Waals surface area contributed by atoms with E-state index in [4.69, 9.17) is 0 Å². The van der Waals surface area contributed by atoms with Gasteiger partial charge in [-0.3, -0.25) is 14.6 Å². The summed E-state index contributed by atoms with van der Waals surface area (Å²) in [5, 5.41) is 0. The van der Waals surface area contributed by atoms with E-state index < -0.39 is 6.04 Å². The second-order valence-corrected chi connectivity index (χ2v) is 5.70. The molecule has 3 rings (SSSR count). The Balaban J connectivity index is 1.71. The molecular weight excluding hydrogens is 290 g/mol. The second-order valence-electron chi connectivity index (χ2n) is 5.70. The Kier molecular flexibility index (Phi) is 4.37. The normalized spacial score (nSPS) is 18.4. The molecule has 0 saturated carbocycles. The van der Waals surface area contributed by atoms with E-state index in [9.17, 15) is 9.59 Å². The minimum absolute atomic E-state index is 0.0237. The Bertz CT molecular complexity index is 688. The molecule has 0 unspecified atom stereocenters. The number of benzene rings is 1. The minimum Gasteiger partial charge on any atom is -0.327 e. The Morgan fingerprint density at radius 3 is 2.48 bits per heavy atom. The number of aromatic nitrogens is 1. The van der Waals surface area contributed by atoms with Gasteiger partial charge in [0.05, 0.1) is 12.2 Å². The number of amides is 2. The van der Waals surface area contributed by atoms with Crippen molar-refractivity contribution in [2.45, 2.75) is 26.1 Å². The summed E-state index contributed by atoms with van der Waals surface area (Å²) in [4.78, 5) is 32.5. The third-order valence-corrected chi connectivity index (χ3v) is 4.06. The molecule has 1 aliphatic rings. The molecule has 0 N–H and O–H groups in total. The maximum Gasteiger partial charge on any atom is 0.245 e. The molecular formula is C18H19N3O2. The first-order valence-corrected chi connectivity index (χ1v) is 7.67. The first-order chi connectivity index (χ1) is 11.1. The molecule has 5 heteroatoms. The molecule has 1 aliphatic heterocycles. The maximum absolute atomic E-state index is 12.6. The highest BCUT2D eigenvalue weighted by atomic mass is 16.2. The summed E-state index contributed by atoms with van der Waals surface area (Å²) in [6, 6.07) is 14.8. The molecule has 118 valence electrons. The van der Waals surface area contributed by atoms with Crippen LogP contribution < -0.4 is 0 Å². The molecule has 1 fully saturated rings. The summed E-state index contributed by atoms with van der Waals surface area (Å²) >= 11 is 0. The lowest BCUT2D eigenvalue weighted by molar-refractivity contribution is -0.156. The van der Waals surface area contributed by atoms with Crippen molar-refractivity contribution in [3.05, 3.63) is 66.0 Å². The van der Waals surface area contributed by atoms with Crippen LogP contribution in [-0.2, 0) is 22.7 Å². The standard InChI is InChI=1S/C18H19N3O2/c1-14-18(23)20(11-15-7-3-2-4-8-15)13-17(22)21(14)12-16-9-5-6-10-19-16/h2-10,14H,11-13H2,1H3/t14-/m1/s1. The average Bonchev–Trinajstić information content (AvgIpc) is 2.58. The summed E-state index contributed by atoms with van der Waals surface area (Å²) in [6.45, 7) is 2.73. The molecule has 2 amide bonds. The Morgan fingerprint density at radius 2 is 1.78 bits per heavy atom. The van der Waals surface area contributed by atoms with Gasteiger partial charge in [0, 0.05) is 12.7 Å². The van der Waals surface area contributed by atoms with Crippen LogP contribution in [0.25, 0.3) is 0 Å². The third-order valence-electron chi connectivity index (χ3n) is 4.06. The van der Waals surface area contributed by atoms with E-state index in [-0.39, 0.29) is 18.4 Å². The largest absolute Gasteiger partial charge is 0.327 e. The number of rotatable bonds is 4. The number of pyridine rings is 1. The average molecular weight is 309 g/mol. The van der Waals surface area contributed by atoms with Crippen LogP contribution in [0.3, 0.4) is 0 Å². The van der Waals surface area contributed by atoms with Crippen LogP contribution in [0.4, 0.5) is 0 Å². The quantitative estimate of drug-likeness (QED) is 0.866. The van der Waals surface area contributed by atoms with Crippen LogP contribution in [0.2, 0.25) is 0 Å². The van der Waals surface area contributed by atoms with E-state index in [1.807, 2.05) is 48.5 Å². The summed E-state index contributed by atoms with van der Waals surface area (Å²) in [6.07, 6.45) is 1.69. The zero-order valence-corrected chi connectivity index (χ0v) is 13.1. The minimum atomic E-state index is -0.470. The van der Waals surface area contributed by atoms with Gasteiger partial charge in [-0.2, -0.15) is 0 Å². The molecule has 2 aromatic rings. The van der Waals surface area contributed by atoms with Gasteiger partial charge < -0.3 is 9.80 Å². The van der Waals surface area contributed by atoms with E-state index in [1.165, 1.54) is 0 Å². The highest BCUT2D eigenvalue weighted by Gasteiger charge is 2.36. The number of piperazine rings is 1. The summed E-state index contributed by atoms with van der Waals surface area (Å²) < 4.78 is 0. The number of nitrogens with zero attached hydrogens (tertiary/aromatic N) is 3. The second kappa shape index (κ2) is 6.60. The van der Waals surface area contributed by atoms with Crippen molar-refractivity contribution in [2.24, 2.45) is 0 Å². The molecule has 1 saturated heterocycles. The maximum atomic E-state index is 12.6. The molecule has 1 aromatic carbocycles. The molecule has 2 heterocycles. The Hall–Kier alpha value is -2.69. The van der Waals surface area contributed by atoms with Crippen LogP contribution >= 0.6 is 0 Å². The zero-order chi connectivity index (χ0) is 16.2. The van der Waals surface area contributed by atoms with Crippen LogP contribution in [0.5, 0.6) is 0 Å². The predicted molar refractivity (Wildman–Crippen MR) is 86.1 cm³/mol. The summed E-state index contributed by atoms with van der Waals surface area (Å²) in [5.41, 5.74) is 1.82. The molecule has 1 atom stereocenters. The van der Waals surface area contributed by atoms with Crippen LogP contribution in [0, 0.1) is 0 Å². The third kappa shape index (κ3) is 3.39. The smallest absolute Gasteiger partial charge is 0.245 e. The van der Waals surface area contributed by atoms with Gasteiger partial charge in [0.2, 0.25) is 11.8 Å². The fraction of sp³-hybridized carbons (Fsp3) is 0.278. The lowest BCUT2D eigenvalue weighted by Gasteiger charge is -2.38. The molecule has 1 aromatic heterocycles. The van der Waals surface area contributed by atoms with E-state index >= 15 is 0 Å². The van der Waals surface area contributed by atoms with Crippen molar-refractivity contribution in [3.8, 4) is 0 Å². The van der Waals surface area contributed by atoms with E-state index in [0.29, 0.717) is 13.1 Å². The topological polar surface area (TPSA) is 53.5 Å². The van der Waals surface area contributed by atoms with Gasteiger partial charge in [0.15, 0.2) is 0 Å². The van der Waals surface area contributed by atoms with Crippen molar-refractivity contribution in [3.63, 3.8) is 0 Å². The zero-order valence-electron chi connectivity index (χ0n) is 13.1.